The minimum absolute atomic E-state index is 0.0763. The van der Waals surface area contributed by atoms with E-state index in [-0.39, 0.29) is 17.5 Å². The SMILES string of the molecule is CC(=O)O[C@H]1CC[C@@]2(C)C(=CC=C3[C@H]2CC[C@]2(C)[C@@H]([C@H](C)/C=C/[C@H](C)C(C)C)CC[C@@H]32)C1. The monoisotopic (exact) mass is 438 g/mol. The van der Waals surface area contributed by atoms with Crippen molar-refractivity contribution >= 4 is 5.97 Å². The molecule has 3 saturated carbocycles. The highest BCUT2D eigenvalue weighted by atomic mass is 16.5. The number of carbonyl (C=O) groups excluding carboxylic acids is 1. The minimum Gasteiger partial charge on any atom is -0.462 e. The number of esters is 1. The van der Waals surface area contributed by atoms with Gasteiger partial charge in [-0.25, -0.2) is 0 Å². The second kappa shape index (κ2) is 8.80. The molecule has 0 saturated heterocycles. The molecule has 0 aromatic rings. The van der Waals surface area contributed by atoms with Crippen molar-refractivity contribution in [2.24, 2.45) is 46.3 Å². The Labute approximate surface area is 197 Å². The summed E-state index contributed by atoms with van der Waals surface area (Å²) in [6.45, 7) is 16.1. The van der Waals surface area contributed by atoms with Crippen LogP contribution in [0.1, 0.15) is 93.4 Å². The molecule has 0 radical (unpaired) electrons. The third-order valence-corrected chi connectivity index (χ3v) is 10.3. The van der Waals surface area contributed by atoms with Gasteiger partial charge in [-0.3, -0.25) is 4.79 Å². The summed E-state index contributed by atoms with van der Waals surface area (Å²) in [5.74, 6) is 4.11. The zero-order valence-electron chi connectivity index (χ0n) is 21.6. The van der Waals surface area contributed by atoms with Crippen molar-refractivity contribution in [1.29, 1.82) is 0 Å². The number of rotatable bonds is 5. The summed E-state index contributed by atoms with van der Waals surface area (Å²) in [5, 5.41) is 0. The summed E-state index contributed by atoms with van der Waals surface area (Å²) in [4.78, 5) is 11.5. The van der Waals surface area contributed by atoms with Crippen molar-refractivity contribution in [3.63, 3.8) is 0 Å². The van der Waals surface area contributed by atoms with Crippen LogP contribution in [0.4, 0.5) is 0 Å². The first kappa shape index (κ1) is 23.8. The van der Waals surface area contributed by atoms with E-state index in [1.807, 2.05) is 0 Å². The highest BCUT2D eigenvalue weighted by Crippen LogP contribution is 2.66. The maximum atomic E-state index is 11.5. The Hall–Kier alpha value is -1.31. The van der Waals surface area contributed by atoms with Gasteiger partial charge >= 0.3 is 5.97 Å². The van der Waals surface area contributed by atoms with Crippen LogP contribution in [0.25, 0.3) is 0 Å². The Balaban J connectivity index is 1.54. The van der Waals surface area contributed by atoms with E-state index in [0.29, 0.717) is 29.1 Å². The van der Waals surface area contributed by atoms with Crippen molar-refractivity contribution in [2.45, 2.75) is 99.5 Å². The number of fused-ring (bicyclic) bond motifs is 5. The predicted molar refractivity (Wildman–Crippen MR) is 133 cm³/mol. The first-order valence-electron chi connectivity index (χ1n) is 13.3. The summed E-state index contributed by atoms with van der Waals surface area (Å²) in [5.41, 5.74) is 3.98. The molecule has 4 rings (SSSR count). The lowest BCUT2D eigenvalue weighted by atomic mass is 9.50. The fourth-order valence-electron chi connectivity index (χ4n) is 7.92. The van der Waals surface area contributed by atoms with E-state index in [9.17, 15) is 4.79 Å². The molecule has 32 heavy (non-hydrogen) atoms. The van der Waals surface area contributed by atoms with Crippen LogP contribution in [0, 0.1) is 46.3 Å². The van der Waals surface area contributed by atoms with E-state index >= 15 is 0 Å². The Morgan fingerprint density at radius 2 is 1.75 bits per heavy atom. The average molecular weight is 439 g/mol. The number of hydrogen-bond donors (Lipinski definition) is 0. The standard InChI is InChI=1S/C30H46O2/c1-19(2)20(3)8-9-21(4)26-12-13-27-25-11-10-23-18-24(32-22(5)31)14-16-29(23,6)28(25)15-17-30(26,27)7/h8-11,19-21,24,26-28H,12-18H2,1-7H3/b9-8+/t20-,21+,24-,26+,27-,28+,29-,30+/m0/s1. The van der Waals surface area contributed by atoms with Crippen molar-refractivity contribution in [3.8, 4) is 0 Å². The van der Waals surface area contributed by atoms with Gasteiger partial charge in [0.1, 0.15) is 6.10 Å². The molecule has 0 spiro atoms. The van der Waals surface area contributed by atoms with Gasteiger partial charge in [0.05, 0.1) is 0 Å². The Kier molecular flexibility index (Phi) is 6.56. The van der Waals surface area contributed by atoms with Crippen molar-refractivity contribution in [2.75, 3.05) is 0 Å². The van der Waals surface area contributed by atoms with Crippen LogP contribution in [0.2, 0.25) is 0 Å². The second-order valence-corrected chi connectivity index (χ2v) is 12.4. The smallest absolute Gasteiger partial charge is 0.302 e. The van der Waals surface area contributed by atoms with Crippen LogP contribution in [-0.2, 0) is 9.53 Å². The summed E-state index contributed by atoms with van der Waals surface area (Å²) in [6.07, 6.45) is 18.5. The molecule has 0 unspecified atom stereocenters. The van der Waals surface area contributed by atoms with E-state index in [1.165, 1.54) is 31.3 Å². The first-order valence-corrected chi connectivity index (χ1v) is 13.3. The molecule has 0 bridgehead atoms. The Morgan fingerprint density at radius 1 is 1.00 bits per heavy atom. The molecule has 8 atom stereocenters. The van der Waals surface area contributed by atoms with E-state index in [0.717, 1.165) is 31.1 Å². The summed E-state index contributed by atoms with van der Waals surface area (Å²) < 4.78 is 5.59. The highest BCUT2D eigenvalue weighted by molar-refractivity contribution is 5.66. The van der Waals surface area contributed by atoms with E-state index < -0.39 is 0 Å². The molecule has 0 heterocycles. The van der Waals surface area contributed by atoms with Gasteiger partial charge in [-0.2, -0.15) is 0 Å². The molecule has 178 valence electrons. The lowest BCUT2D eigenvalue weighted by molar-refractivity contribution is -0.148. The maximum absolute atomic E-state index is 11.5. The quantitative estimate of drug-likeness (QED) is 0.322. The maximum Gasteiger partial charge on any atom is 0.302 e. The fraction of sp³-hybridized carbons (Fsp3) is 0.767. The van der Waals surface area contributed by atoms with Gasteiger partial charge in [0.15, 0.2) is 0 Å². The van der Waals surface area contributed by atoms with Crippen molar-refractivity contribution in [1.82, 2.24) is 0 Å². The summed E-state index contributed by atoms with van der Waals surface area (Å²) in [7, 11) is 0. The summed E-state index contributed by atoms with van der Waals surface area (Å²) >= 11 is 0. The van der Waals surface area contributed by atoms with Crippen LogP contribution in [0.3, 0.4) is 0 Å². The van der Waals surface area contributed by atoms with Gasteiger partial charge in [0.2, 0.25) is 0 Å². The van der Waals surface area contributed by atoms with Gasteiger partial charge < -0.3 is 4.74 Å². The normalized spacial score (nSPS) is 40.8. The van der Waals surface area contributed by atoms with Gasteiger partial charge in [0, 0.05) is 13.3 Å². The lowest BCUT2D eigenvalue weighted by Crippen LogP contribution is -2.46. The zero-order chi connectivity index (χ0) is 23.3. The van der Waals surface area contributed by atoms with Crippen molar-refractivity contribution in [3.05, 3.63) is 35.5 Å². The molecule has 0 aliphatic heterocycles. The molecule has 0 amide bonds. The molecule has 4 aliphatic rings. The molecule has 0 aromatic heterocycles. The number of hydrogen-bond acceptors (Lipinski definition) is 2. The van der Waals surface area contributed by atoms with E-state index in [4.69, 9.17) is 4.74 Å². The number of ether oxygens (including phenoxy) is 1. The van der Waals surface area contributed by atoms with Gasteiger partial charge in [-0.15, -0.1) is 0 Å². The van der Waals surface area contributed by atoms with Crippen LogP contribution in [-0.4, -0.2) is 12.1 Å². The largest absolute Gasteiger partial charge is 0.462 e. The average Bonchev–Trinajstić information content (AvgIpc) is 3.08. The van der Waals surface area contributed by atoms with Crippen LogP contribution in [0.5, 0.6) is 0 Å². The topological polar surface area (TPSA) is 26.3 Å². The molecule has 4 aliphatic carbocycles. The fourth-order valence-corrected chi connectivity index (χ4v) is 7.92. The lowest BCUT2D eigenvalue weighted by Gasteiger charge is -2.55. The number of carbonyl (C=O) groups is 1. The molecular weight excluding hydrogens is 392 g/mol. The third kappa shape index (κ3) is 4.05. The van der Waals surface area contributed by atoms with Gasteiger partial charge in [-0.1, -0.05) is 77.0 Å². The van der Waals surface area contributed by atoms with E-state index in [1.54, 1.807) is 12.5 Å². The van der Waals surface area contributed by atoms with Gasteiger partial charge in [-0.05, 0) is 84.9 Å². The highest BCUT2D eigenvalue weighted by Gasteiger charge is 2.56. The minimum atomic E-state index is -0.136. The summed E-state index contributed by atoms with van der Waals surface area (Å²) in [6, 6.07) is 0. The molecule has 3 fully saturated rings. The predicted octanol–water partition coefficient (Wildman–Crippen LogP) is 7.90. The van der Waals surface area contributed by atoms with E-state index in [2.05, 4.69) is 65.8 Å². The van der Waals surface area contributed by atoms with Crippen LogP contribution in [0.15, 0.2) is 35.5 Å². The van der Waals surface area contributed by atoms with Crippen molar-refractivity contribution < 1.29 is 9.53 Å². The molecule has 2 nitrogen and oxygen atoms in total. The Bertz CT molecular complexity index is 817. The molecule has 2 heteroatoms. The van der Waals surface area contributed by atoms with Gasteiger partial charge in [0.25, 0.3) is 0 Å². The molecular formula is C30H46O2. The number of allylic oxidation sites excluding steroid dienone is 5. The second-order valence-electron chi connectivity index (χ2n) is 12.4. The Morgan fingerprint density at radius 3 is 2.44 bits per heavy atom. The van der Waals surface area contributed by atoms with Crippen LogP contribution >= 0.6 is 0 Å². The molecule has 0 N–H and O–H groups in total. The third-order valence-electron chi connectivity index (χ3n) is 10.3. The molecule has 0 aromatic carbocycles. The zero-order valence-corrected chi connectivity index (χ0v) is 21.6. The van der Waals surface area contributed by atoms with Crippen LogP contribution < -0.4 is 0 Å². The first-order chi connectivity index (χ1) is 15.1.